The first-order chi connectivity index (χ1) is 6.06. The van der Waals surface area contributed by atoms with Crippen LogP contribution in [0.4, 0.5) is 0 Å². The molecule has 2 N–H and O–H groups in total. The molecule has 0 radical (unpaired) electrons. The summed E-state index contributed by atoms with van der Waals surface area (Å²) >= 11 is 6.44. The second-order valence-corrected chi connectivity index (χ2v) is 4.09. The fourth-order valence-electron chi connectivity index (χ4n) is 0.921. The third-order valence-corrected chi connectivity index (χ3v) is 2.84. The summed E-state index contributed by atoms with van der Waals surface area (Å²) in [5, 5.41) is 18.0. The minimum absolute atomic E-state index is 0.367. The van der Waals surface area contributed by atoms with Crippen LogP contribution in [0.3, 0.4) is 0 Å². The van der Waals surface area contributed by atoms with E-state index in [2.05, 4.69) is 31.9 Å². The molecule has 0 fully saturated rings. The zero-order valence-corrected chi connectivity index (χ0v) is 9.96. The average molecular weight is 310 g/mol. The lowest BCUT2D eigenvalue weighted by molar-refractivity contribution is 0.409. The van der Waals surface area contributed by atoms with Crippen molar-refractivity contribution < 1.29 is 14.8 Å². The van der Waals surface area contributed by atoms with E-state index in [-0.39, 0.29) is 0 Å². The van der Waals surface area contributed by atoms with E-state index in [0.717, 1.165) is 4.47 Å². The molecule has 0 saturated carbocycles. The molecular weight excluding hydrogens is 303 g/mol. The minimum Gasteiger partial charge on any atom is -0.496 e. The second-order valence-electron chi connectivity index (χ2n) is 2.38. The van der Waals surface area contributed by atoms with Crippen molar-refractivity contribution in [1.82, 2.24) is 0 Å². The molecule has 1 aromatic rings. The van der Waals surface area contributed by atoms with Gasteiger partial charge in [0.15, 0.2) is 0 Å². The quantitative estimate of drug-likeness (QED) is 0.798. The molecule has 0 atom stereocenters. The van der Waals surface area contributed by atoms with Crippen LogP contribution in [0.1, 0.15) is 0 Å². The summed E-state index contributed by atoms with van der Waals surface area (Å²) < 4.78 is 6.30. The van der Waals surface area contributed by atoms with Gasteiger partial charge in [-0.15, -0.1) is 0 Å². The summed E-state index contributed by atoms with van der Waals surface area (Å²) in [5.41, 5.74) is 0.367. The van der Waals surface area contributed by atoms with Crippen molar-refractivity contribution in [2.45, 2.75) is 0 Å². The second kappa shape index (κ2) is 4.46. The fraction of sp³-hybridized carbons (Fsp3) is 0.143. The molecular formula is C7H7BBr2O3. The van der Waals surface area contributed by atoms with Gasteiger partial charge in [-0.05, 0) is 28.1 Å². The van der Waals surface area contributed by atoms with E-state index < -0.39 is 7.12 Å². The number of hydrogen-bond donors (Lipinski definition) is 2. The van der Waals surface area contributed by atoms with Crippen LogP contribution >= 0.6 is 31.9 Å². The molecule has 1 aromatic carbocycles. The van der Waals surface area contributed by atoms with E-state index in [0.29, 0.717) is 15.7 Å². The molecule has 0 saturated heterocycles. The van der Waals surface area contributed by atoms with Crippen molar-refractivity contribution in [3.05, 3.63) is 21.1 Å². The Bertz CT molecular complexity index is 317. The highest BCUT2D eigenvalue weighted by Gasteiger charge is 2.18. The van der Waals surface area contributed by atoms with Gasteiger partial charge in [0.25, 0.3) is 0 Å². The Labute approximate surface area is 93.1 Å². The number of methoxy groups -OCH3 is 1. The van der Waals surface area contributed by atoms with Crippen molar-refractivity contribution in [3.8, 4) is 5.75 Å². The monoisotopic (exact) mass is 308 g/mol. The van der Waals surface area contributed by atoms with Crippen LogP contribution in [0, 0.1) is 0 Å². The lowest BCUT2D eigenvalue weighted by Gasteiger charge is -2.08. The van der Waals surface area contributed by atoms with Crippen molar-refractivity contribution in [2.24, 2.45) is 0 Å². The highest BCUT2D eigenvalue weighted by molar-refractivity contribution is 9.11. The van der Waals surface area contributed by atoms with Crippen LogP contribution in [0.15, 0.2) is 21.1 Å². The molecule has 0 amide bonds. The third kappa shape index (κ3) is 2.46. The first-order valence-electron chi connectivity index (χ1n) is 3.45. The summed E-state index contributed by atoms with van der Waals surface area (Å²) in [7, 11) is 0.000786. The van der Waals surface area contributed by atoms with Crippen LogP contribution < -0.4 is 10.2 Å². The Morgan fingerprint density at radius 2 is 1.92 bits per heavy atom. The van der Waals surface area contributed by atoms with Gasteiger partial charge in [-0.3, -0.25) is 0 Å². The van der Waals surface area contributed by atoms with Gasteiger partial charge in [0.1, 0.15) is 5.75 Å². The normalized spacial score (nSPS) is 9.92. The molecule has 0 spiro atoms. The summed E-state index contributed by atoms with van der Waals surface area (Å²) in [6.45, 7) is 0. The van der Waals surface area contributed by atoms with Crippen molar-refractivity contribution in [2.75, 3.05) is 7.11 Å². The van der Waals surface area contributed by atoms with Crippen LogP contribution in [0.5, 0.6) is 5.75 Å². The Kier molecular flexibility index (Phi) is 3.79. The van der Waals surface area contributed by atoms with Gasteiger partial charge in [0.05, 0.1) is 11.6 Å². The highest BCUT2D eigenvalue weighted by Crippen LogP contribution is 2.26. The zero-order chi connectivity index (χ0) is 10.0. The SMILES string of the molecule is COc1cc(Br)cc(B(O)O)c1Br. The molecule has 0 unspecified atom stereocenters. The summed E-state index contributed by atoms with van der Waals surface area (Å²) in [6.07, 6.45) is 0. The minimum atomic E-state index is -1.51. The Morgan fingerprint density at radius 3 is 2.38 bits per heavy atom. The first kappa shape index (κ1) is 11.0. The molecule has 70 valence electrons. The van der Waals surface area contributed by atoms with Crippen molar-refractivity contribution >= 4 is 44.4 Å². The maximum absolute atomic E-state index is 9.00. The molecule has 0 heterocycles. The van der Waals surface area contributed by atoms with Crippen LogP contribution in [0.25, 0.3) is 0 Å². The predicted molar refractivity (Wildman–Crippen MR) is 58.2 cm³/mol. The molecule has 0 aromatic heterocycles. The number of hydrogen-bond acceptors (Lipinski definition) is 3. The van der Waals surface area contributed by atoms with Gasteiger partial charge < -0.3 is 14.8 Å². The van der Waals surface area contributed by atoms with E-state index in [9.17, 15) is 0 Å². The molecule has 0 aliphatic carbocycles. The topological polar surface area (TPSA) is 49.7 Å². The van der Waals surface area contributed by atoms with Gasteiger partial charge in [0, 0.05) is 9.94 Å². The Balaban J connectivity index is 3.27. The number of benzene rings is 1. The Morgan fingerprint density at radius 1 is 1.31 bits per heavy atom. The van der Waals surface area contributed by atoms with Crippen LogP contribution in [-0.2, 0) is 0 Å². The van der Waals surface area contributed by atoms with Crippen LogP contribution in [0.2, 0.25) is 0 Å². The molecule has 13 heavy (non-hydrogen) atoms. The summed E-state index contributed by atoms with van der Waals surface area (Å²) in [6, 6.07) is 3.34. The maximum Gasteiger partial charge on any atom is 0.489 e. The van der Waals surface area contributed by atoms with Gasteiger partial charge in [-0.2, -0.15) is 0 Å². The number of halogens is 2. The molecule has 6 heteroatoms. The van der Waals surface area contributed by atoms with E-state index in [4.69, 9.17) is 14.8 Å². The molecule has 3 nitrogen and oxygen atoms in total. The van der Waals surface area contributed by atoms with E-state index in [1.807, 2.05) is 0 Å². The van der Waals surface area contributed by atoms with E-state index in [1.54, 1.807) is 12.1 Å². The van der Waals surface area contributed by atoms with E-state index >= 15 is 0 Å². The number of ether oxygens (including phenoxy) is 1. The van der Waals surface area contributed by atoms with Crippen molar-refractivity contribution in [3.63, 3.8) is 0 Å². The standard InChI is InChI=1S/C7H7BBr2O3/c1-13-6-3-4(9)2-5(7(6)10)8(11)12/h2-3,11-12H,1H3. The zero-order valence-electron chi connectivity index (χ0n) is 6.79. The summed E-state index contributed by atoms with van der Waals surface area (Å²) in [4.78, 5) is 0. The lowest BCUT2D eigenvalue weighted by Crippen LogP contribution is -2.31. The largest absolute Gasteiger partial charge is 0.496 e. The first-order valence-corrected chi connectivity index (χ1v) is 5.04. The van der Waals surface area contributed by atoms with E-state index in [1.165, 1.54) is 7.11 Å². The predicted octanol–water partition coefficient (Wildman–Crippen LogP) is 0.900. The van der Waals surface area contributed by atoms with Gasteiger partial charge in [-0.1, -0.05) is 15.9 Å². The molecule has 0 aliphatic rings. The maximum atomic E-state index is 9.00. The fourth-order valence-corrected chi connectivity index (χ4v) is 1.97. The third-order valence-electron chi connectivity index (χ3n) is 1.53. The average Bonchev–Trinajstić information content (AvgIpc) is 2.08. The molecule has 0 bridgehead atoms. The highest BCUT2D eigenvalue weighted by atomic mass is 79.9. The smallest absolute Gasteiger partial charge is 0.489 e. The van der Waals surface area contributed by atoms with Crippen LogP contribution in [-0.4, -0.2) is 24.3 Å². The van der Waals surface area contributed by atoms with Gasteiger partial charge >= 0.3 is 7.12 Å². The summed E-state index contributed by atoms with van der Waals surface area (Å²) in [5.74, 6) is 0.553. The number of rotatable bonds is 2. The molecule has 1 rings (SSSR count). The Hall–Kier alpha value is -0.0351. The lowest BCUT2D eigenvalue weighted by atomic mass is 9.80. The van der Waals surface area contributed by atoms with Gasteiger partial charge in [-0.25, -0.2) is 0 Å². The van der Waals surface area contributed by atoms with Crippen molar-refractivity contribution in [1.29, 1.82) is 0 Å². The molecule has 0 aliphatic heterocycles. The van der Waals surface area contributed by atoms with Gasteiger partial charge in [0.2, 0.25) is 0 Å².